The van der Waals surface area contributed by atoms with Crippen molar-refractivity contribution in [2.45, 2.75) is 53.4 Å². The Labute approximate surface area is 121 Å². The van der Waals surface area contributed by atoms with Crippen LogP contribution in [0.5, 0.6) is 0 Å². The van der Waals surface area contributed by atoms with Gasteiger partial charge in [-0.2, -0.15) is 0 Å². The van der Waals surface area contributed by atoms with Crippen LogP contribution in [-0.2, 0) is 19.1 Å². The zero-order valence-electron chi connectivity index (χ0n) is 13.0. The highest BCUT2D eigenvalue weighted by Gasteiger charge is 2.16. The van der Waals surface area contributed by atoms with Crippen LogP contribution >= 0.6 is 0 Å². The minimum Gasteiger partial charge on any atom is -0.462 e. The molecule has 0 saturated heterocycles. The van der Waals surface area contributed by atoms with Gasteiger partial charge >= 0.3 is 11.9 Å². The molecule has 0 heterocycles. The molecule has 0 aliphatic rings. The maximum atomic E-state index is 11.9. The monoisotopic (exact) mass is 282 g/mol. The van der Waals surface area contributed by atoms with E-state index in [9.17, 15) is 9.59 Å². The Morgan fingerprint density at radius 2 is 1.90 bits per heavy atom. The van der Waals surface area contributed by atoms with Crippen LogP contribution < -0.4 is 0 Å². The van der Waals surface area contributed by atoms with Crippen LogP contribution in [0.25, 0.3) is 0 Å². The minimum atomic E-state index is -0.549. The van der Waals surface area contributed by atoms with Crippen molar-refractivity contribution in [3.8, 4) is 0 Å². The molecule has 4 heteroatoms. The molecule has 20 heavy (non-hydrogen) atoms. The molecule has 0 rings (SSSR count). The van der Waals surface area contributed by atoms with E-state index in [4.69, 9.17) is 9.47 Å². The smallest absolute Gasteiger partial charge is 0.337 e. The number of hydrogen-bond donors (Lipinski definition) is 0. The molecule has 0 aliphatic carbocycles. The van der Waals surface area contributed by atoms with Crippen LogP contribution in [0.3, 0.4) is 0 Å². The van der Waals surface area contributed by atoms with Gasteiger partial charge in [0.05, 0.1) is 12.2 Å². The summed E-state index contributed by atoms with van der Waals surface area (Å²) in [4.78, 5) is 23.2. The van der Waals surface area contributed by atoms with Crippen molar-refractivity contribution in [1.29, 1.82) is 0 Å². The topological polar surface area (TPSA) is 52.6 Å². The third-order valence-electron chi connectivity index (χ3n) is 2.67. The SMILES string of the molecule is C=CC(=O)OC(CCCCC)=C(C)C(=O)OCC(C)C. The predicted octanol–water partition coefficient (Wildman–Crippen LogP) is 3.77. The molecule has 114 valence electrons. The lowest BCUT2D eigenvalue weighted by atomic mass is 10.1. The van der Waals surface area contributed by atoms with Crippen molar-refractivity contribution in [3.63, 3.8) is 0 Å². The molecule has 0 unspecified atom stereocenters. The molecule has 0 radical (unpaired) electrons. The second-order valence-electron chi connectivity index (χ2n) is 5.12. The third kappa shape index (κ3) is 7.77. The largest absolute Gasteiger partial charge is 0.462 e. The van der Waals surface area contributed by atoms with Crippen molar-refractivity contribution in [1.82, 2.24) is 0 Å². The number of ether oxygens (including phenoxy) is 2. The maximum Gasteiger partial charge on any atom is 0.337 e. The van der Waals surface area contributed by atoms with Gasteiger partial charge in [0.2, 0.25) is 0 Å². The lowest BCUT2D eigenvalue weighted by Gasteiger charge is -2.12. The van der Waals surface area contributed by atoms with Gasteiger partial charge in [-0.1, -0.05) is 40.2 Å². The van der Waals surface area contributed by atoms with E-state index in [0.29, 0.717) is 24.4 Å². The average Bonchev–Trinajstić information content (AvgIpc) is 2.42. The summed E-state index contributed by atoms with van der Waals surface area (Å²) in [7, 11) is 0. The fourth-order valence-corrected chi connectivity index (χ4v) is 1.48. The fourth-order valence-electron chi connectivity index (χ4n) is 1.48. The van der Waals surface area contributed by atoms with Crippen LogP contribution in [-0.4, -0.2) is 18.5 Å². The number of rotatable bonds is 9. The summed E-state index contributed by atoms with van der Waals surface area (Å²) in [6, 6.07) is 0. The summed E-state index contributed by atoms with van der Waals surface area (Å²) in [5.41, 5.74) is 0.358. The highest BCUT2D eigenvalue weighted by Crippen LogP contribution is 2.17. The van der Waals surface area contributed by atoms with Gasteiger partial charge in [0.15, 0.2) is 0 Å². The molecular weight excluding hydrogens is 256 g/mol. The first kappa shape index (κ1) is 18.4. The highest BCUT2D eigenvalue weighted by molar-refractivity contribution is 5.89. The molecule has 0 fully saturated rings. The molecule has 0 N–H and O–H groups in total. The second kappa shape index (κ2) is 10.2. The zero-order chi connectivity index (χ0) is 15.5. The molecule has 0 spiro atoms. The molecule has 0 aliphatic heterocycles. The molecule has 0 saturated carbocycles. The van der Waals surface area contributed by atoms with Gasteiger partial charge in [-0.3, -0.25) is 0 Å². The molecule has 0 aromatic rings. The molecule has 0 bridgehead atoms. The van der Waals surface area contributed by atoms with Gasteiger partial charge < -0.3 is 9.47 Å². The first-order valence-electron chi connectivity index (χ1n) is 7.13. The summed E-state index contributed by atoms with van der Waals surface area (Å²) in [5.74, 6) is -0.322. The summed E-state index contributed by atoms with van der Waals surface area (Å²) in [5, 5.41) is 0. The molecular formula is C16H26O4. The Morgan fingerprint density at radius 1 is 1.25 bits per heavy atom. The lowest BCUT2D eigenvalue weighted by Crippen LogP contribution is -2.14. The van der Waals surface area contributed by atoms with Gasteiger partial charge in [-0.05, 0) is 19.3 Å². The quantitative estimate of drug-likeness (QED) is 0.279. The van der Waals surface area contributed by atoms with Gasteiger partial charge in [-0.25, -0.2) is 9.59 Å². The Morgan fingerprint density at radius 3 is 2.40 bits per heavy atom. The van der Waals surface area contributed by atoms with Gasteiger partial charge in [-0.15, -0.1) is 0 Å². The first-order valence-corrected chi connectivity index (χ1v) is 7.13. The van der Waals surface area contributed by atoms with E-state index in [1.807, 2.05) is 13.8 Å². The van der Waals surface area contributed by atoms with E-state index in [0.717, 1.165) is 25.3 Å². The summed E-state index contributed by atoms with van der Waals surface area (Å²) in [6.45, 7) is 11.4. The van der Waals surface area contributed by atoms with Crippen LogP contribution in [0.4, 0.5) is 0 Å². The average molecular weight is 282 g/mol. The van der Waals surface area contributed by atoms with Crippen molar-refractivity contribution in [3.05, 3.63) is 24.0 Å². The lowest BCUT2D eigenvalue weighted by molar-refractivity contribution is -0.140. The van der Waals surface area contributed by atoms with E-state index >= 15 is 0 Å². The van der Waals surface area contributed by atoms with E-state index in [1.54, 1.807) is 6.92 Å². The van der Waals surface area contributed by atoms with Crippen LogP contribution in [0.1, 0.15) is 53.4 Å². The maximum absolute atomic E-state index is 11.9. The van der Waals surface area contributed by atoms with Gasteiger partial charge in [0.1, 0.15) is 5.76 Å². The molecule has 0 atom stereocenters. The third-order valence-corrected chi connectivity index (χ3v) is 2.67. The van der Waals surface area contributed by atoms with Gasteiger partial charge in [0, 0.05) is 12.5 Å². The second-order valence-corrected chi connectivity index (χ2v) is 5.12. The van der Waals surface area contributed by atoms with Crippen molar-refractivity contribution >= 4 is 11.9 Å². The Balaban J connectivity index is 4.82. The number of carbonyl (C=O) groups is 2. The van der Waals surface area contributed by atoms with Crippen LogP contribution in [0, 0.1) is 5.92 Å². The van der Waals surface area contributed by atoms with Crippen molar-refractivity contribution in [2.24, 2.45) is 5.92 Å². The fraction of sp³-hybridized carbons (Fsp3) is 0.625. The van der Waals surface area contributed by atoms with Crippen LogP contribution in [0.15, 0.2) is 24.0 Å². The Hall–Kier alpha value is -1.58. The molecule has 0 amide bonds. The Bertz CT molecular complexity index is 367. The van der Waals surface area contributed by atoms with E-state index in [-0.39, 0.29) is 5.92 Å². The van der Waals surface area contributed by atoms with Crippen molar-refractivity contribution < 1.29 is 19.1 Å². The van der Waals surface area contributed by atoms with Gasteiger partial charge in [0.25, 0.3) is 0 Å². The van der Waals surface area contributed by atoms with Crippen molar-refractivity contribution in [2.75, 3.05) is 6.61 Å². The molecule has 4 nitrogen and oxygen atoms in total. The van der Waals surface area contributed by atoms with Crippen LogP contribution in [0.2, 0.25) is 0 Å². The predicted molar refractivity (Wildman–Crippen MR) is 78.9 cm³/mol. The van der Waals surface area contributed by atoms with E-state index in [1.165, 1.54) is 0 Å². The number of esters is 2. The van der Waals surface area contributed by atoms with E-state index in [2.05, 4.69) is 13.5 Å². The number of unbranched alkanes of at least 4 members (excludes halogenated alkanes) is 2. The Kier molecular flexibility index (Phi) is 9.43. The number of hydrogen-bond acceptors (Lipinski definition) is 4. The normalized spacial score (nSPS) is 11.8. The summed E-state index contributed by atoms with van der Waals surface area (Å²) in [6.07, 6.45) is 4.58. The summed E-state index contributed by atoms with van der Waals surface area (Å²) >= 11 is 0. The standard InChI is InChI=1S/C16H26O4/c1-6-8-9-10-14(20-15(17)7-2)13(5)16(18)19-11-12(3)4/h7,12H,2,6,8-11H2,1,3-5H3. The first-order chi connectivity index (χ1) is 9.42. The summed E-state index contributed by atoms with van der Waals surface area (Å²) < 4.78 is 10.3. The minimum absolute atomic E-state index is 0.269. The van der Waals surface area contributed by atoms with E-state index < -0.39 is 11.9 Å². The zero-order valence-corrected chi connectivity index (χ0v) is 13.0. The highest BCUT2D eigenvalue weighted by atomic mass is 16.5. The number of carbonyl (C=O) groups excluding carboxylic acids is 2. The molecule has 0 aromatic heterocycles. The molecule has 0 aromatic carbocycles. The number of allylic oxidation sites excluding steroid dienone is 1.